The molecule has 120 valence electrons. The zero-order valence-corrected chi connectivity index (χ0v) is 15.4. The highest BCUT2D eigenvalue weighted by atomic mass is 35.5. The second-order valence-corrected chi connectivity index (χ2v) is 8.59. The van der Waals surface area contributed by atoms with Gasteiger partial charge in [0.2, 0.25) is 0 Å². The Morgan fingerprint density at radius 3 is 3.17 bits per heavy atom. The van der Waals surface area contributed by atoms with E-state index in [2.05, 4.69) is 34.5 Å². The van der Waals surface area contributed by atoms with Crippen molar-refractivity contribution in [1.29, 1.82) is 0 Å². The lowest BCUT2D eigenvalue weighted by Gasteiger charge is -2.22. The molecule has 1 N–H and O–H groups in total. The van der Waals surface area contributed by atoms with E-state index in [1.165, 1.54) is 11.3 Å². The maximum atomic E-state index is 6.07. The molecule has 0 bridgehead atoms. The van der Waals surface area contributed by atoms with Crippen molar-refractivity contribution in [3.63, 3.8) is 0 Å². The molecule has 7 heteroatoms. The van der Waals surface area contributed by atoms with Crippen LogP contribution in [0.3, 0.4) is 0 Å². The van der Waals surface area contributed by atoms with Gasteiger partial charge < -0.3 is 10.2 Å². The lowest BCUT2D eigenvalue weighted by atomic mass is 10.1. The second-order valence-electron chi connectivity index (χ2n) is 6.36. The molecule has 0 fully saturated rings. The molecule has 0 radical (unpaired) electrons. The summed E-state index contributed by atoms with van der Waals surface area (Å²) >= 11 is 9.53. The van der Waals surface area contributed by atoms with E-state index in [1.807, 2.05) is 18.2 Å². The van der Waals surface area contributed by atoms with Crippen LogP contribution in [0.2, 0.25) is 5.02 Å². The number of halogens is 1. The van der Waals surface area contributed by atoms with Crippen LogP contribution < -0.4 is 5.32 Å². The number of rotatable bonds is 2. The third-order valence-corrected chi connectivity index (χ3v) is 5.98. The normalized spacial score (nSPS) is 21.2. The van der Waals surface area contributed by atoms with Gasteiger partial charge in [-0.2, -0.15) is 0 Å². The van der Waals surface area contributed by atoms with E-state index in [4.69, 9.17) is 16.6 Å². The minimum Gasteiger partial charge on any atom is -0.335 e. The highest BCUT2D eigenvalue weighted by Gasteiger charge is 2.36. The third kappa shape index (κ3) is 3.12. The highest BCUT2D eigenvalue weighted by molar-refractivity contribution is 8.17. The van der Waals surface area contributed by atoms with Crippen LogP contribution in [-0.2, 0) is 6.54 Å². The molecule has 3 heterocycles. The number of nitrogens with zero attached hydrogens (tertiary/aromatic N) is 3. The number of aliphatic imine (C=N–C) groups is 2. The fraction of sp³-hybridized carbons (Fsp3) is 0.375. The standard InChI is InChI=1S/C16H17ClN4S2/c1-16(2)9-21-12(8-23-15(21)20-16)7-22-14-18-6-10-3-4-11(17)5-13(10)19-14/h3-5,8H,6-7,9H2,1-2H3,(H,18,19). The molecule has 4 rings (SSSR count). The highest BCUT2D eigenvalue weighted by Crippen LogP contribution is 2.37. The van der Waals surface area contributed by atoms with E-state index in [0.29, 0.717) is 6.54 Å². The molecule has 3 aliphatic rings. The van der Waals surface area contributed by atoms with E-state index < -0.39 is 0 Å². The lowest BCUT2D eigenvalue weighted by molar-refractivity contribution is 0.436. The lowest BCUT2D eigenvalue weighted by Crippen LogP contribution is -2.30. The molecule has 0 aromatic heterocycles. The summed E-state index contributed by atoms with van der Waals surface area (Å²) in [6.45, 7) is 6.02. The van der Waals surface area contributed by atoms with Crippen LogP contribution in [0.5, 0.6) is 0 Å². The summed E-state index contributed by atoms with van der Waals surface area (Å²) in [4.78, 5) is 11.7. The Morgan fingerprint density at radius 1 is 1.43 bits per heavy atom. The average Bonchev–Trinajstić information content (AvgIpc) is 3.00. The maximum absolute atomic E-state index is 6.07. The van der Waals surface area contributed by atoms with Gasteiger partial charge in [-0.25, -0.2) is 0 Å². The summed E-state index contributed by atoms with van der Waals surface area (Å²) in [6.07, 6.45) is 0. The van der Waals surface area contributed by atoms with Crippen molar-refractivity contribution in [2.24, 2.45) is 9.98 Å². The number of anilines is 1. The van der Waals surface area contributed by atoms with Gasteiger partial charge in [0.05, 0.1) is 12.1 Å². The Labute approximate surface area is 149 Å². The molecule has 1 aromatic rings. The molecule has 4 nitrogen and oxygen atoms in total. The van der Waals surface area contributed by atoms with E-state index >= 15 is 0 Å². The number of hydrogen-bond donors (Lipinski definition) is 1. The van der Waals surface area contributed by atoms with Crippen LogP contribution in [0.15, 0.2) is 39.3 Å². The first-order valence-electron chi connectivity index (χ1n) is 7.46. The number of hydrogen-bond acceptors (Lipinski definition) is 6. The summed E-state index contributed by atoms with van der Waals surface area (Å²) in [7, 11) is 0. The molecule has 0 atom stereocenters. The molecule has 1 aromatic carbocycles. The van der Waals surface area contributed by atoms with Gasteiger partial charge in [0, 0.05) is 28.7 Å². The van der Waals surface area contributed by atoms with Gasteiger partial charge in [-0.3, -0.25) is 9.98 Å². The Kier molecular flexibility index (Phi) is 3.86. The Balaban J connectivity index is 1.40. The first-order chi connectivity index (χ1) is 11.0. The Morgan fingerprint density at radius 2 is 2.30 bits per heavy atom. The van der Waals surface area contributed by atoms with Crippen LogP contribution in [0.4, 0.5) is 5.69 Å². The third-order valence-electron chi connectivity index (χ3n) is 3.88. The summed E-state index contributed by atoms with van der Waals surface area (Å²) in [5, 5.41) is 8.41. The van der Waals surface area contributed by atoms with Crippen molar-refractivity contribution in [1.82, 2.24) is 4.90 Å². The zero-order chi connectivity index (χ0) is 16.0. The van der Waals surface area contributed by atoms with Crippen molar-refractivity contribution < 1.29 is 0 Å². The van der Waals surface area contributed by atoms with E-state index in [9.17, 15) is 0 Å². The molecule has 0 saturated heterocycles. The zero-order valence-electron chi connectivity index (χ0n) is 13.0. The number of nitrogens with one attached hydrogen (secondary N) is 1. The number of amidine groups is 2. The minimum atomic E-state index is 0.0167. The van der Waals surface area contributed by atoms with Gasteiger partial charge in [-0.15, -0.1) is 0 Å². The molecule has 0 saturated carbocycles. The Hall–Kier alpha value is -1.11. The predicted octanol–water partition coefficient (Wildman–Crippen LogP) is 4.39. The number of thioether (sulfide) groups is 2. The molecule has 0 unspecified atom stereocenters. The molecule has 0 aliphatic carbocycles. The quantitative estimate of drug-likeness (QED) is 0.844. The van der Waals surface area contributed by atoms with Crippen LogP contribution in [0.25, 0.3) is 0 Å². The van der Waals surface area contributed by atoms with Crippen LogP contribution in [-0.4, -0.2) is 33.1 Å². The van der Waals surface area contributed by atoms with Crippen molar-refractivity contribution in [2.75, 3.05) is 17.6 Å². The molecule has 23 heavy (non-hydrogen) atoms. The number of benzene rings is 1. The van der Waals surface area contributed by atoms with Gasteiger partial charge in [-0.05, 0) is 37.0 Å². The van der Waals surface area contributed by atoms with Gasteiger partial charge in [0.25, 0.3) is 0 Å². The Bertz CT molecular complexity index is 754. The fourth-order valence-corrected chi connectivity index (χ4v) is 4.96. The largest absolute Gasteiger partial charge is 0.335 e. The van der Waals surface area contributed by atoms with Crippen molar-refractivity contribution >= 4 is 51.1 Å². The van der Waals surface area contributed by atoms with Crippen molar-refractivity contribution in [2.45, 2.75) is 25.9 Å². The first kappa shape index (κ1) is 15.4. The van der Waals surface area contributed by atoms with Gasteiger partial charge in [0.1, 0.15) is 0 Å². The van der Waals surface area contributed by atoms with Gasteiger partial charge in [0.15, 0.2) is 10.3 Å². The van der Waals surface area contributed by atoms with E-state index in [0.717, 1.165) is 33.3 Å². The topological polar surface area (TPSA) is 40.0 Å². The molecule has 3 aliphatic heterocycles. The second kappa shape index (κ2) is 5.76. The summed E-state index contributed by atoms with van der Waals surface area (Å²) in [5.41, 5.74) is 3.58. The fourth-order valence-electron chi connectivity index (χ4n) is 2.76. The smallest absolute Gasteiger partial charge is 0.168 e. The van der Waals surface area contributed by atoms with Crippen LogP contribution in [0.1, 0.15) is 19.4 Å². The first-order valence-corrected chi connectivity index (χ1v) is 9.70. The maximum Gasteiger partial charge on any atom is 0.168 e. The van der Waals surface area contributed by atoms with Crippen LogP contribution in [0, 0.1) is 0 Å². The van der Waals surface area contributed by atoms with E-state index in [-0.39, 0.29) is 5.54 Å². The minimum absolute atomic E-state index is 0.0167. The summed E-state index contributed by atoms with van der Waals surface area (Å²) in [5.74, 6) is 0.893. The van der Waals surface area contributed by atoms with Gasteiger partial charge in [-0.1, -0.05) is 41.2 Å². The van der Waals surface area contributed by atoms with Crippen LogP contribution >= 0.6 is 35.1 Å². The number of fused-ring (bicyclic) bond motifs is 2. The average molecular weight is 365 g/mol. The SMILES string of the molecule is CC1(C)CN2C(CSC3=NCc4ccc(Cl)cc4N3)=CSC2=N1. The molecular weight excluding hydrogens is 348 g/mol. The molecular formula is C16H17ClN4S2. The summed E-state index contributed by atoms with van der Waals surface area (Å²) < 4.78 is 0. The van der Waals surface area contributed by atoms with Crippen molar-refractivity contribution in [3.05, 3.63) is 39.9 Å². The van der Waals surface area contributed by atoms with E-state index in [1.54, 1.807) is 23.5 Å². The molecule has 0 spiro atoms. The predicted molar refractivity (Wildman–Crippen MR) is 103 cm³/mol. The van der Waals surface area contributed by atoms with Gasteiger partial charge >= 0.3 is 0 Å². The summed E-state index contributed by atoms with van der Waals surface area (Å²) in [6, 6.07) is 5.90. The monoisotopic (exact) mass is 364 g/mol. The molecule has 0 amide bonds. The van der Waals surface area contributed by atoms with Crippen molar-refractivity contribution in [3.8, 4) is 0 Å².